The highest BCUT2D eigenvalue weighted by Gasteiger charge is 2.43. The Morgan fingerprint density at radius 3 is 1.45 bits per heavy atom. The number of hydrogen-bond acceptors (Lipinski definition) is 1. The zero-order valence-corrected chi connectivity index (χ0v) is 14.4. The van der Waals surface area contributed by atoms with E-state index in [0.29, 0.717) is 0 Å². The van der Waals surface area contributed by atoms with E-state index in [-0.39, 0.29) is 0 Å². The van der Waals surface area contributed by atoms with Crippen molar-refractivity contribution in [2.75, 3.05) is 6.16 Å². The lowest BCUT2D eigenvalue weighted by Gasteiger charge is -2.24. The highest BCUT2D eigenvalue weighted by Crippen LogP contribution is 2.69. The van der Waals surface area contributed by atoms with E-state index < -0.39 is 6.46 Å². The summed E-state index contributed by atoms with van der Waals surface area (Å²) in [4.78, 5) is 1.35. The van der Waals surface area contributed by atoms with E-state index in [2.05, 4.69) is 109 Å². The molecule has 0 fully saturated rings. The Hall–Kier alpha value is -1.56. The van der Waals surface area contributed by atoms with Gasteiger partial charge in [0.2, 0.25) is 0 Å². The van der Waals surface area contributed by atoms with Crippen LogP contribution in [0, 0.1) is 0 Å². The van der Waals surface area contributed by atoms with Crippen molar-refractivity contribution in [3.63, 3.8) is 0 Å². The van der Waals surface area contributed by atoms with Crippen LogP contribution in [0.25, 0.3) is 0 Å². The zero-order chi connectivity index (χ0) is 15.3. The van der Waals surface area contributed by atoms with Crippen LogP contribution in [0.4, 0.5) is 0 Å². The Morgan fingerprint density at radius 2 is 1.05 bits per heavy atom. The molecule has 2 heteroatoms. The van der Waals surface area contributed by atoms with Crippen molar-refractivity contribution in [3.05, 3.63) is 91.0 Å². The summed E-state index contributed by atoms with van der Waals surface area (Å²) in [7, 11) is 0. The molecule has 0 aromatic heterocycles. The second kappa shape index (κ2) is 7.13. The Balaban J connectivity index is 2.13. The van der Waals surface area contributed by atoms with Gasteiger partial charge < -0.3 is 0 Å². The van der Waals surface area contributed by atoms with E-state index in [1.807, 2.05) is 0 Å². The van der Waals surface area contributed by atoms with Gasteiger partial charge in [-0.1, -0.05) is 54.6 Å². The zero-order valence-electron chi connectivity index (χ0n) is 12.7. The molecule has 0 spiro atoms. The molecule has 0 nitrogen and oxygen atoms in total. The Morgan fingerprint density at radius 1 is 0.636 bits per heavy atom. The first-order valence-corrected chi connectivity index (χ1v) is 11.0. The van der Waals surface area contributed by atoms with Gasteiger partial charge in [0, 0.05) is 4.90 Å². The summed E-state index contributed by atoms with van der Waals surface area (Å²) in [6, 6.07) is 32.8. The molecule has 0 aliphatic rings. The second-order valence-electron chi connectivity index (χ2n) is 5.13. The largest absolute Gasteiger partial charge is 0.143 e. The lowest BCUT2D eigenvalue weighted by Crippen LogP contribution is -2.21. The van der Waals surface area contributed by atoms with Gasteiger partial charge in [0.15, 0.2) is 0 Å². The predicted octanol–water partition coefficient (Wildman–Crippen LogP) is 5.38. The monoisotopic (exact) mass is 323 g/mol. The molecule has 0 atom stereocenters. The maximum atomic E-state index is 2.32. The van der Waals surface area contributed by atoms with E-state index in [0.717, 1.165) is 6.16 Å². The normalized spacial score (nSPS) is 11.3. The molecule has 0 aliphatic heterocycles. The van der Waals surface area contributed by atoms with E-state index in [1.54, 1.807) is 0 Å². The molecule has 22 heavy (non-hydrogen) atoms. The van der Waals surface area contributed by atoms with Gasteiger partial charge in [0.05, 0.1) is 17.5 Å². The van der Waals surface area contributed by atoms with E-state index in [4.69, 9.17) is 0 Å². The highest BCUT2D eigenvalue weighted by molar-refractivity contribution is 8.67. The smallest absolute Gasteiger partial charge is 0.0622 e. The summed E-state index contributed by atoms with van der Waals surface area (Å²) < 4.78 is 0. The molecule has 0 saturated heterocycles. The Labute approximate surface area is 137 Å². The van der Waals surface area contributed by atoms with Gasteiger partial charge in [-0.2, -0.15) is 0 Å². The molecule has 3 rings (SSSR count). The van der Waals surface area contributed by atoms with Crippen molar-refractivity contribution >= 4 is 28.5 Å². The second-order valence-corrected chi connectivity index (χ2v) is 11.3. The maximum absolute atomic E-state index is 2.32. The van der Waals surface area contributed by atoms with E-state index in [1.165, 1.54) is 15.5 Å². The molecule has 0 N–H and O–H groups in total. The molecular formula is C20H20PS+. The van der Waals surface area contributed by atoms with Crippen LogP contribution < -0.4 is 10.6 Å². The van der Waals surface area contributed by atoms with Gasteiger partial charge in [-0.15, -0.1) is 0 Å². The quantitative estimate of drug-likeness (QED) is 0.568. The van der Waals surface area contributed by atoms with Crippen LogP contribution in [0.3, 0.4) is 0 Å². The van der Waals surface area contributed by atoms with Crippen LogP contribution in [0.1, 0.15) is 6.92 Å². The molecule has 0 heterocycles. The van der Waals surface area contributed by atoms with Crippen LogP contribution in [-0.4, -0.2) is 6.16 Å². The molecule has 3 aromatic rings. The maximum Gasteiger partial charge on any atom is 0.143 e. The van der Waals surface area contributed by atoms with Gasteiger partial charge in [-0.05, 0) is 43.3 Å². The van der Waals surface area contributed by atoms with Gasteiger partial charge in [-0.25, -0.2) is 0 Å². The first-order chi connectivity index (χ1) is 10.8. The minimum atomic E-state index is -1.49. The van der Waals surface area contributed by atoms with E-state index >= 15 is 0 Å². The van der Waals surface area contributed by atoms with Crippen LogP contribution in [0.5, 0.6) is 0 Å². The first kappa shape index (κ1) is 15.3. The summed E-state index contributed by atoms with van der Waals surface area (Å²) in [6.45, 7) is 0.836. The first-order valence-electron chi connectivity index (χ1n) is 7.59. The summed E-state index contributed by atoms with van der Waals surface area (Å²) in [5.74, 6) is 0. The third-order valence-electron chi connectivity index (χ3n) is 3.80. The average Bonchev–Trinajstić information content (AvgIpc) is 2.62. The minimum Gasteiger partial charge on any atom is -0.0622 e. The number of hydrogen-bond donors (Lipinski definition) is 0. The van der Waals surface area contributed by atoms with Crippen LogP contribution in [0.2, 0.25) is 0 Å². The van der Waals surface area contributed by atoms with Crippen molar-refractivity contribution in [3.8, 4) is 0 Å². The van der Waals surface area contributed by atoms with Crippen LogP contribution >= 0.6 is 17.8 Å². The molecule has 110 valence electrons. The standard InChI is InChI=1S/C20H20PS/c1-2-21(18-12-6-3-7-13-18,19-14-8-4-9-15-19)22-20-16-10-5-11-17-20/h3-17H,2H2,1H3/q+1. The molecule has 0 aliphatic carbocycles. The highest BCUT2D eigenvalue weighted by atomic mass is 32.7. The topological polar surface area (TPSA) is 0 Å². The third kappa shape index (κ3) is 3.11. The van der Waals surface area contributed by atoms with Crippen LogP contribution in [-0.2, 0) is 0 Å². The van der Waals surface area contributed by atoms with Crippen molar-refractivity contribution in [2.45, 2.75) is 11.8 Å². The fourth-order valence-electron chi connectivity index (χ4n) is 2.68. The molecule has 3 aromatic carbocycles. The lowest BCUT2D eigenvalue weighted by atomic mass is 10.4. The van der Waals surface area contributed by atoms with Gasteiger partial charge >= 0.3 is 0 Å². The number of rotatable bonds is 5. The predicted molar refractivity (Wildman–Crippen MR) is 102 cm³/mol. The molecular weight excluding hydrogens is 303 g/mol. The summed E-state index contributed by atoms with van der Waals surface area (Å²) in [5.41, 5.74) is 0. The van der Waals surface area contributed by atoms with Gasteiger partial charge in [-0.3, -0.25) is 0 Å². The van der Waals surface area contributed by atoms with Crippen molar-refractivity contribution in [1.29, 1.82) is 0 Å². The van der Waals surface area contributed by atoms with Crippen molar-refractivity contribution in [1.82, 2.24) is 0 Å². The number of benzene rings is 3. The fraction of sp³-hybridized carbons (Fsp3) is 0.100. The Kier molecular flexibility index (Phi) is 4.97. The molecule has 0 bridgehead atoms. The summed E-state index contributed by atoms with van der Waals surface area (Å²) >= 11 is 2.05. The van der Waals surface area contributed by atoms with E-state index in [9.17, 15) is 0 Å². The Bertz CT molecular complexity index is 656. The summed E-state index contributed by atoms with van der Waals surface area (Å²) in [5, 5.41) is 2.94. The third-order valence-corrected chi connectivity index (χ3v) is 11.4. The molecule has 0 saturated carbocycles. The SMILES string of the molecule is CC[P+](Sc1ccccc1)(c1ccccc1)c1ccccc1. The van der Waals surface area contributed by atoms with Gasteiger partial charge in [0.25, 0.3) is 0 Å². The van der Waals surface area contributed by atoms with Crippen molar-refractivity contribution < 1.29 is 0 Å². The van der Waals surface area contributed by atoms with Gasteiger partial charge in [0.1, 0.15) is 17.1 Å². The van der Waals surface area contributed by atoms with Crippen molar-refractivity contribution in [2.24, 2.45) is 0 Å². The molecule has 0 radical (unpaired) electrons. The van der Waals surface area contributed by atoms with Crippen LogP contribution in [0.15, 0.2) is 95.9 Å². The molecule has 0 unspecified atom stereocenters. The average molecular weight is 323 g/mol. The molecule has 0 amide bonds. The fourth-order valence-corrected chi connectivity index (χ4v) is 9.19. The summed E-state index contributed by atoms with van der Waals surface area (Å²) in [6.07, 6.45) is 1.15. The minimum absolute atomic E-state index is 1.15. The lowest BCUT2D eigenvalue weighted by molar-refractivity contribution is 1.47.